The number of aromatic nitrogens is 3. The van der Waals surface area contributed by atoms with Crippen LogP contribution in [0.25, 0.3) is 11.0 Å². The Morgan fingerprint density at radius 1 is 1.12 bits per heavy atom. The predicted molar refractivity (Wildman–Crippen MR) is 90.1 cm³/mol. The van der Waals surface area contributed by atoms with Crippen molar-refractivity contribution in [2.45, 2.75) is 6.54 Å². The Morgan fingerprint density at radius 3 is 2.79 bits per heavy atom. The van der Waals surface area contributed by atoms with Gasteiger partial charge in [0, 0.05) is 50.4 Å². The van der Waals surface area contributed by atoms with Crippen LogP contribution in [-0.4, -0.2) is 53.3 Å². The summed E-state index contributed by atoms with van der Waals surface area (Å²) >= 11 is 0. The van der Waals surface area contributed by atoms with E-state index in [1.54, 1.807) is 19.4 Å². The summed E-state index contributed by atoms with van der Waals surface area (Å²) < 4.78 is 10.6. The third-order valence-electron chi connectivity index (χ3n) is 4.31. The van der Waals surface area contributed by atoms with E-state index in [0.717, 1.165) is 55.3 Å². The average molecular weight is 325 g/mol. The Balaban J connectivity index is 1.41. The molecule has 0 radical (unpaired) electrons. The molecule has 0 spiro atoms. The van der Waals surface area contributed by atoms with Crippen LogP contribution in [0.4, 0.5) is 5.95 Å². The van der Waals surface area contributed by atoms with Gasteiger partial charge in [-0.15, -0.1) is 0 Å². The Morgan fingerprint density at radius 2 is 1.96 bits per heavy atom. The van der Waals surface area contributed by atoms with Crippen LogP contribution >= 0.6 is 0 Å². The second-order valence-electron chi connectivity index (χ2n) is 5.79. The van der Waals surface area contributed by atoms with Gasteiger partial charge in [-0.2, -0.15) is 4.98 Å². The molecule has 3 aromatic rings. The molecule has 3 heterocycles. The topological polar surface area (TPSA) is 67.5 Å². The van der Waals surface area contributed by atoms with Crippen molar-refractivity contribution in [1.82, 2.24) is 20.0 Å². The van der Waals surface area contributed by atoms with Gasteiger partial charge < -0.3 is 14.2 Å². The Labute approximate surface area is 139 Å². The highest BCUT2D eigenvalue weighted by Crippen LogP contribution is 2.20. The highest BCUT2D eigenvalue weighted by Gasteiger charge is 2.21. The summed E-state index contributed by atoms with van der Waals surface area (Å²) in [6.45, 7) is 4.42. The van der Waals surface area contributed by atoms with Gasteiger partial charge in [0.05, 0.1) is 7.11 Å². The number of hydrogen-bond donors (Lipinski definition) is 0. The van der Waals surface area contributed by atoms with Gasteiger partial charge in [0.25, 0.3) is 0 Å². The standard InChI is InChI=1S/C17H19N5O2/c1-23-16-6-7-18-17(19-16)22-10-8-21(9-11-22)12-14-13-4-2-3-5-15(13)24-20-14/h2-7H,8-12H2,1H3. The number of nitrogens with zero attached hydrogens (tertiary/aromatic N) is 5. The van der Waals surface area contributed by atoms with E-state index in [1.165, 1.54) is 0 Å². The smallest absolute Gasteiger partial charge is 0.228 e. The number of piperazine rings is 1. The van der Waals surface area contributed by atoms with Crippen LogP contribution in [0.1, 0.15) is 5.69 Å². The molecule has 2 aromatic heterocycles. The van der Waals surface area contributed by atoms with Gasteiger partial charge >= 0.3 is 0 Å². The Hall–Kier alpha value is -2.67. The molecule has 1 aliphatic rings. The van der Waals surface area contributed by atoms with Gasteiger partial charge in [0.2, 0.25) is 11.8 Å². The number of anilines is 1. The fraction of sp³-hybridized carbons (Fsp3) is 0.353. The van der Waals surface area contributed by atoms with Crippen LogP contribution in [0.5, 0.6) is 5.88 Å². The van der Waals surface area contributed by atoms with Crippen molar-refractivity contribution in [1.29, 1.82) is 0 Å². The van der Waals surface area contributed by atoms with Crippen molar-refractivity contribution < 1.29 is 9.26 Å². The number of benzene rings is 1. The van der Waals surface area contributed by atoms with Crippen molar-refractivity contribution in [3.63, 3.8) is 0 Å². The van der Waals surface area contributed by atoms with Crippen molar-refractivity contribution in [3.05, 3.63) is 42.2 Å². The molecule has 0 amide bonds. The average Bonchev–Trinajstić information content (AvgIpc) is 3.05. The zero-order valence-corrected chi connectivity index (χ0v) is 13.6. The zero-order chi connectivity index (χ0) is 16.4. The van der Waals surface area contributed by atoms with E-state index in [9.17, 15) is 0 Å². The molecule has 1 aromatic carbocycles. The van der Waals surface area contributed by atoms with E-state index < -0.39 is 0 Å². The second kappa shape index (κ2) is 6.45. The maximum Gasteiger partial charge on any atom is 0.228 e. The number of fused-ring (bicyclic) bond motifs is 1. The highest BCUT2D eigenvalue weighted by atomic mass is 16.5. The highest BCUT2D eigenvalue weighted by molar-refractivity contribution is 5.79. The first-order chi connectivity index (χ1) is 11.8. The summed E-state index contributed by atoms with van der Waals surface area (Å²) in [6, 6.07) is 9.74. The third kappa shape index (κ3) is 2.90. The monoisotopic (exact) mass is 325 g/mol. The van der Waals surface area contributed by atoms with E-state index >= 15 is 0 Å². The normalized spacial score (nSPS) is 15.8. The van der Waals surface area contributed by atoms with Crippen molar-refractivity contribution in [3.8, 4) is 5.88 Å². The summed E-state index contributed by atoms with van der Waals surface area (Å²) in [5.74, 6) is 1.32. The number of rotatable bonds is 4. The maximum atomic E-state index is 5.39. The first kappa shape index (κ1) is 14.9. The van der Waals surface area contributed by atoms with E-state index in [0.29, 0.717) is 5.88 Å². The van der Waals surface area contributed by atoms with E-state index in [4.69, 9.17) is 9.26 Å². The summed E-state index contributed by atoms with van der Waals surface area (Å²) in [5, 5.41) is 5.31. The molecule has 124 valence electrons. The van der Waals surface area contributed by atoms with E-state index in [2.05, 4.69) is 31.0 Å². The van der Waals surface area contributed by atoms with Crippen LogP contribution in [0.15, 0.2) is 41.1 Å². The molecule has 0 saturated carbocycles. The van der Waals surface area contributed by atoms with Crippen LogP contribution in [0.2, 0.25) is 0 Å². The van der Waals surface area contributed by atoms with E-state index in [-0.39, 0.29) is 0 Å². The van der Waals surface area contributed by atoms with Crippen LogP contribution in [0, 0.1) is 0 Å². The zero-order valence-electron chi connectivity index (χ0n) is 13.6. The second-order valence-corrected chi connectivity index (χ2v) is 5.79. The van der Waals surface area contributed by atoms with Crippen molar-refractivity contribution >= 4 is 16.9 Å². The van der Waals surface area contributed by atoms with Gasteiger partial charge in [0.15, 0.2) is 5.58 Å². The summed E-state index contributed by atoms with van der Waals surface area (Å²) in [4.78, 5) is 13.3. The molecule has 0 N–H and O–H groups in total. The molecular formula is C17H19N5O2. The first-order valence-electron chi connectivity index (χ1n) is 8.01. The molecule has 24 heavy (non-hydrogen) atoms. The third-order valence-corrected chi connectivity index (χ3v) is 4.31. The van der Waals surface area contributed by atoms with Crippen molar-refractivity contribution in [2.24, 2.45) is 0 Å². The maximum absolute atomic E-state index is 5.39. The summed E-state index contributed by atoms with van der Waals surface area (Å²) in [6.07, 6.45) is 1.73. The fourth-order valence-corrected chi connectivity index (χ4v) is 2.97. The molecule has 4 rings (SSSR count). The molecule has 1 fully saturated rings. The minimum absolute atomic E-state index is 0.594. The molecule has 0 atom stereocenters. The van der Waals surface area contributed by atoms with Crippen LogP contribution in [-0.2, 0) is 6.54 Å². The van der Waals surface area contributed by atoms with Crippen molar-refractivity contribution in [2.75, 3.05) is 38.2 Å². The summed E-state index contributed by atoms with van der Waals surface area (Å²) in [7, 11) is 1.62. The number of hydrogen-bond acceptors (Lipinski definition) is 7. The lowest BCUT2D eigenvalue weighted by Gasteiger charge is -2.34. The van der Waals surface area contributed by atoms with Gasteiger partial charge in [-0.25, -0.2) is 4.98 Å². The van der Waals surface area contributed by atoms with Crippen LogP contribution < -0.4 is 9.64 Å². The van der Waals surface area contributed by atoms with Crippen LogP contribution in [0.3, 0.4) is 0 Å². The van der Waals surface area contributed by atoms with Gasteiger partial charge in [0.1, 0.15) is 5.69 Å². The Bertz CT molecular complexity index is 826. The molecule has 1 saturated heterocycles. The molecule has 1 aliphatic heterocycles. The number of methoxy groups -OCH3 is 1. The fourth-order valence-electron chi connectivity index (χ4n) is 2.97. The lowest BCUT2D eigenvalue weighted by molar-refractivity contribution is 0.242. The van der Waals surface area contributed by atoms with E-state index in [1.807, 2.05) is 18.2 Å². The largest absolute Gasteiger partial charge is 0.481 e. The Kier molecular flexibility index (Phi) is 4.00. The number of para-hydroxylation sites is 1. The van der Waals surface area contributed by atoms with Gasteiger partial charge in [-0.3, -0.25) is 4.90 Å². The SMILES string of the molecule is COc1ccnc(N2CCN(Cc3noc4ccccc34)CC2)n1. The molecule has 7 nitrogen and oxygen atoms in total. The minimum Gasteiger partial charge on any atom is -0.481 e. The quantitative estimate of drug-likeness (QED) is 0.726. The molecule has 0 aliphatic carbocycles. The minimum atomic E-state index is 0.594. The van der Waals surface area contributed by atoms with Gasteiger partial charge in [-0.05, 0) is 12.1 Å². The first-order valence-corrected chi connectivity index (χ1v) is 8.01. The molecule has 7 heteroatoms. The molecule has 0 unspecified atom stereocenters. The lowest BCUT2D eigenvalue weighted by Crippen LogP contribution is -2.46. The lowest BCUT2D eigenvalue weighted by atomic mass is 10.2. The predicted octanol–water partition coefficient (Wildman–Crippen LogP) is 1.95. The van der Waals surface area contributed by atoms with Gasteiger partial charge in [-0.1, -0.05) is 17.3 Å². The number of ether oxygens (including phenoxy) is 1. The summed E-state index contributed by atoms with van der Waals surface area (Å²) in [5.41, 5.74) is 1.84. The molecule has 0 bridgehead atoms. The molecular weight excluding hydrogens is 306 g/mol.